The van der Waals surface area contributed by atoms with E-state index in [1.165, 1.54) is 6.07 Å². The molecule has 0 radical (unpaired) electrons. The lowest BCUT2D eigenvalue weighted by Crippen LogP contribution is -2.30. The van der Waals surface area contributed by atoms with Gasteiger partial charge in [0, 0.05) is 19.8 Å². The fourth-order valence-electron chi connectivity index (χ4n) is 1.48. The van der Waals surface area contributed by atoms with Crippen LogP contribution in [0.4, 0.5) is 18.9 Å². The van der Waals surface area contributed by atoms with Gasteiger partial charge in [-0.25, -0.2) is 0 Å². The topological polar surface area (TPSA) is 33.3 Å². The molecule has 2 N–H and O–H groups in total. The van der Waals surface area contributed by atoms with E-state index in [9.17, 15) is 13.2 Å². The Morgan fingerprint density at radius 3 is 2.71 bits per heavy atom. The van der Waals surface area contributed by atoms with Crippen molar-refractivity contribution in [2.24, 2.45) is 0 Å². The fraction of sp³-hybridized carbons (Fsp3) is 0.462. The number of halogens is 4. The molecule has 118 valence electrons. The largest absolute Gasteiger partial charge is 0.416 e. The van der Waals surface area contributed by atoms with Crippen LogP contribution in [0.25, 0.3) is 0 Å². The molecule has 0 aromatic heterocycles. The highest BCUT2D eigenvalue weighted by Gasteiger charge is 2.31. The summed E-state index contributed by atoms with van der Waals surface area (Å²) in [7, 11) is 0. The van der Waals surface area contributed by atoms with Crippen molar-refractivity contribution in [2.45, 2.75) is 19.5 Å². The molecule has 0 spiro atoms. The van der Waals surface area contributed by atoms with Gasteiger partial charge in [-0.15, -0.1) is 0 Å². The van der Waals surface area contributed by atoms with Crippen molar-refractivity contribution < 1.29 is 17.9 Å². The van der Waals surface area contributed by atoms with Crippen LogP contribution in [0.3, 0.4) is 0 Å². The fourth-order valence-corrected chi connectivity index (χ4v) is 1.86. The summed E-state index contributed by atoms with van der Waals surface area (Å²) >= 11 is 10.9. The molecule has 0 fully saturated rings. The summed E-state index contributed by atoms with van der Waals surface area (Å²) in [6.45, 7) is 3.69. The van der Waals surface area contributed by atoms with Crippen LogP contribution < -0.4 is 10.6 Å². The van der Waals surface area contributed by atoms with Crippen molar-refractivity contribution in [1.29, 1.82) is 0 Å². The minimum Gasteiger partial charge on any atom is -0.382 e. The van der Waals surface area contributed by atoms with Gasteiger partial charge in [-0.05, 0) is 43.8 Å². The van der Waals surface area contributed by atoms with E-state index in [4.69, 9.17) is 28.6 Å². The standard InChI is InChI=1S/C13H16ClF3N2OS/c1-2-20-7-3-6-18-12(21)19-11-8-9(13(15,16)17)4-5-10(11)14/h4-5,8H,2-3,6-7H2,1H3,(H2,18,19,21). The van der Waals surface area contributed by atoms with Crippen molar-refractivity contribution in [2.75, 3.05) is 25.1 Å². The van der Waals surface area contributed by atoms with Crippen LogP contribution in [-0.2, 0) is 10.9 Å². The molecule has 1 aromatic rings. The average Bonchev–Trinajstić information content (AvgIpc) is 2.40. The Morgan fingerprint density at radius 1 is 1.38 bits per heavy atom. The third-order valence-corrected chi connectivity index (χ3v) is 3.07. The summed E-state index contributed by atoms with van der Waals surface area (Å²) in [4.78, 5) is 0. The van der Waals surface area contributed by atoms with Gasteiger partial charge in [0.05, 0.1) is 16.3 Å². The Balaban J connectivity index is 2.55. The molecule has 1 aromatic carbocycles. The van der Waals surface area contributed by atoms with Crippen LogP contribution in [0, 0.1) is 0 Å². The smallest absolute Gasteiger partial charge is 0.382 e. The second-order valence-electron chi connectivity index (χ2n) is 4.12. The molecule has 0 saturated carbocycles. The third-order valence-electron chi connectivity index (χ3n) is 2.50. The van der Waals surface area contributed by atoms with E-state index < -0.39 is 11.7 Å². The van der Waals surface area contributed by atoms with E-state index in [1.807, 2.05) is 6.92 Å². The molecule has 0 saturated heterocycles. The summed E-state index contributed by atoms with van der Waals surface area (Å²) in [6, 6.07) is 3.03. The Labute approximate surface area is 131 Å². The zero-order chi connectivity index (χ0) is 15.9. The zero-order valence-electron chi connectivity index (χ0n) is 11.4. The Hall–Kier alpha value is -1.05. The molecule has 0 aliphatic carbocycles. The van der Waals surface area contributed by atoms with Crippen molar-refractivity contribution in [3.05, 3.63) is 28.8 Å². The summed E-state index contributed by atoms with van der Waals surface area (Å²) in [5.74, 6) is 0. The van der Waals surface area contributed by atoms with Gasteiger partial charge in [-0.1, -0.05) is 11.6 Å². The molecule has 3 nitrogen and oxygen atoms in total. The van der Waals surface area contributed by atoms with E-state index in [0.717, 1.165) is 18.6 Å². The molecular formula is C13H16ClF3N2OS. The predicted molar refractivity (Wildman–Crippen MR) is 81.8 cm³/mol. The van der Waals surface area contributed by atoms with Gasteiger partial charge in [0.2, 0.25) is 0 Å². The lowest BCUT2D eigenvalue weighted by molar-refractivity contribution is -0.137. The maximum absolute atomic E-state index is 12.6. The number of ether oxygens (including phenoxy) is 1. The van der Waals surface area contributed by atoms with Crippen molar-refractivity contribution in [3.63, 3.8) is 0 Å². The summed E-state index contributed by atoms with van der Waals surface area (Å²) in [6.07, 6.45) is -3.68. The highest BCUT2D eigenvalue weighted by molar-refractivity contribution is 7.80. The molecule has 0 bridgehead atoms. The van der Waals surface area contributed by atoms with E-state index in [-0.39, 0.29) is 15.8 Å². The van der Waals surface area contributed by atoms with Gasteiger partial charge in [0.25, 0.3) is 0 Å². The molecule has 0 atom stereocenters. The van der Waals surface area contributed by atoms with Crippen LogP contribution in [0.15, 0.2) is 18.2 Å². The SMILES string of the molecule is CCOCCCNC(=S)Nc1cc(C(F)(F)F)ccc1Cl. The maximum Gasteiger partial charge on any atom is 0.416 e. The number of thiocarbonyl (C=S) groups is 1. The van der Waals surface area contributed by atoms with Crippen molar-refractivity contribution in [3.8, 4) is 0 Å². The third kappa shape index (κ3) is 6.50. The number of anilines is 1. The first-order valence-electron chi connectivity index (χ1n) is 6.34. The molecule has 0 aliphatic heterocycles. The van der Waals surface area contributed by atoms with Gasteiger partial charge in [-0.3, -0.25) is 0 Å². The van der Waals surface area contributed by atoms with Gasteiger partial charge in [0.1, 0.15) is 0 Å². The van der Waals surface area contributed by atoms with Crippen LogP contribution in [0.5, 0.6) is 0 Å². The van der Waals surface area contributed by atoms with Crippen LogP contribution in [0.1, 0.15) is 18.9 Å². The number of benzene rings is 1. The van der Waals surface area contributed by atoms with Gasteiger partial charge in [-0.2, -0.15) is 13.2 Å². The summed E-state index contributed by atoms with van der Waals surface area (Å²) < 4.78 is 43.0. The highest BCUT2D eigenvalue weighted by atomic mass is 35.5. The van der Waals surface area contributed by atoms with E-state index in [2.05, 4.69) is 10.6 Å². The van der Waals surface area contributed by atoms with Crippen LogP contribution >= 0.6 is 23.8 Å². The molecule has 0 unspecified atom stereocenters. The van der Waals surface area contributed by atoms with Crippen LogP contribution in [-0.4, -0.2) is 24.9 Å². The summed E-state index contributed by atoms with van der Waals surface area (Å²) in [5, 5.41) is 5.92. The second kappa shape index (κ2) is 8.41. The lowest BCUT2D eigenvalue weighted by Gasteiger charge is -2.14. The van der Waals surface area contributed by atoms with Gasteiger partial charge >= 0.3 is 6.18 Å². The van der Waals surface area contributed by atoms with E-state index in [1.54, 1.807) is 0 Å². The quantitative estimate of drug-likeness (QED) is 0.604. The first kappa shape index (κ1) is 18.0. The summed E-state index contributed by atoms with van der Waals surface area (Å²) in [5.41, 5.74) is -0.664. The number of hydrogen-bond acceptors (Lipinski definition) is 2. The molecular weight excluding hydrogens is 325 g/mol. The minimum atomic E-state index is -4.42. The lowest BCUT2D eigenvalue weighted by atomic mass is 10.2. The molecule has 0 aliphatic rings. The van der Waals surface area contributed by atoms with Crippen molar-refractivity contribution in [1.82, 2.24) is 5.32 Å². The normalized spacial score (nSPS) is 11.3. The maximum atomic E-state index is 12.6. The molecule has 0 amide bonds. The van der Waals surface area contributed by atoms with Crippen LogP contribution in [0.2, 0.25) is 5.02 Å². The molecule has 21 heavy (non-hydrogen) atoms. The predicted octanol–water partition coefficient (Wildman–Crippen LogP) is 4.07. The zero-order valence-corrected chi connectivity index (χ0v) is 13.0. The number of hydrogen-bond donors (Lipinski definition) is 2. The van der Waals surface area contributed by atoms with Gasteiger partial charge in [0.15, 0.2) is 5.11 Å². The second-order valence-corrected chi connectivity index (χ2v) is 4.94. The number of alkyl halides is 3. The molecule has 0 heterocycles. The number of rotatable bonds is 6. The average molecular weight is 341 g/mol. The molecule has 8 heteroatoms. The van der Waals surface area contributed by atoms with E-state index in [0.29, 0.717) is 19.8 Å². The Kier molecular flexibility index (Phi) is 7.21. The Morgan fingerprint density at radius 2 is 2.10 bits per heavy atom. The Bertz CT molecular complexity index is 483. The van der Waals surface area contributed by atoms with Gasteiger partial charge < -0.3 is 15.4 Å². The molecule has 1 rings (SSSR count). The minimum absolute atomic E-state index is 0.119. The highest BCUT2D eigenvalue weighted by Crippen LogP contribution is 2.33. The van der Waals surface area contributed by atoms with E-state index >= 15 is 0 Å². The monoisotopic (exact) mass is 340 g/mol. The first-order chi connectivity index (χ1) is 9.84. The first-order valence-corrected chi connectivity index (χ1v) is 7.12. The van der Waals surface area contributed by atoms with Crippen molar-refractivity contribution >= 4 is 34.6 Å². The number of nitrogens with one attached hydrogen (secondary N) is 2.